The first-order chi connectivity index (χ1) is 13.2. The highest BCUT2D eigenvalue weighted by atomic mass is 35.5. The van der Waals surface area contributed by atoms with Gasteiger partial charge in [-0.05, 0) is 42.7 Å². The number of hydrogen-bond donors (Lipinski definition) is 1. The van der Waals surface area contributed by atoms with Crippen molar-refractivity contribution in [1.82, 2.24) is 5.32 Å². The molecule has 7 heteroatoms. The molecule has 2 aromatic carbocycles. The minimum absolute atomic E-state index is 0.0436. The number of hydrogen-bond acceptors (Lipinski definition) is 5. The van der Waals surface area contributed by atoms with Crippen LogP contribution in [0.3, 0.4) is 0 Å². The van der Waals surface area contributed by atoms with Crippen molar-refractivity contribution in [1.29, 1.82) is 0 Å². The van der Waals surface area contributed by atoms with Crippen LogP contribution in [0.4, 0.5) is 5.69 Å². The first kappa shape index (κ1) is 17.9. The molecular weight excluding hydrogens is 368 g/mol. The van der Waals surface area contributed by atoms with Gasteiger partial charge in [-0.25, -0.2) is 0 Å². The number of halogens is 1. The predicted molar refractivity (Wildman–Crippen MR) is 103 cm³/mol. The lowest BCUT2D eigenvalue weighted by Gasteiger charge is -2.33. The Hall–Kier alpha value is -2.44. The average Bonchev–Trinajstić information content (AvgIpc) is 3.16. The van der Waals surface area contributed by atoms with Gasteiger partial charge in [-0.1, -0.05) is 23.7 Å². The average molecular weight is 389 g/mol. The minimum Gasteiger partial charge on any atom is -0.493 e. The standard InChI is InChI=1S/C20H21ClN2O4/c1-25-17-9-13(10-18-19(17)27-12-26-18)11-22-15-6-4-8-23(20(15)24)16-7-3-2-5-14(16)21/h2-3,5,7,9-10,15,22H,4,6,8,11-12H2,1H3. The van der Waals surface area contributed by atoms with E-state index in [1.165, 1.54) is 0 Å². The molecule has 0 spiro atoms. The maximum Gasteiger partial charge on any atom is 0.244 e. The van der Waals surface area contributed by atoms with Crippen LogP contribution in [0.2, 0.25) is 5.02 Å². The summed E-state index contributed by atoms with van der Waals surface area (Å²) in [5.41, 5.74) is 1.74. The Balaban J connectivity index is 1.47. The van der Waals surface area contributed by atoms with Gasteiger partial charge in [0.2, 0.25) is 18.4 Å². The molecule has 6 nitrogen and oxygen atoms in total. The predicted octanol–water partition coefficient (Wildman–Crippen LogP) is 3.36. The molecule has 4 rings (SSSR count). The van der Waals surface area contributed by atoms with Crippen molar-refractivity contribution in [2.75, 3.05) is 25.3 Å². The SMILES string of the molecule is COc1cc(CNC2CCCN(c3ccccc3Cl)C2=O)cc2c1OCO2. The number of nitrogens with one attached hydrogen (secondary N) is 1. The molecule has 27 heavy (non-hydrogen) atoms. The van der Waals surface area contributed by atoms with Gasteiger partial charge in [-0.2, -0.15) is 0 Å². The number of nitrogens with zero attached hydrogens (tertiary/aromatic N) is 1. The van der Waals surface area contributed by atoms with Gasteiger partial charge in [0.15, 0.2) is 11.5 Å². The fourth-order valence-electron chi connectivity index (χ4n) is 3.50. The summed E-state index contributed by atoms with van der Waals surface area (Å²) < 4.78 is 16.3. The molecule has 1 N–H and O–H groups in total. The number of amides is 1. The van der Waals surface area contributed by atoms with Crippen LogP contribution in [0, 0.1) is 0 Å². The summed E-state index contributed by atoms with van der Waals surface area (Å²) >= 11 is 6.28. The number of carbonyl (C=O) groups excluding carboxylic acids is 1. The molecule has 2 aliphatic rings. The van der Waals surface area contributed by atoms with Crippen LogP contribution in [-0.4, -0.2) is 32.4 Å². The van der Waals surface area contributed by atoms with E-state index in [0.29, 0.717) is 35.4 Å². The lowest BCUT2D eigenvalue weighted by molar-refractivity contribution is -0.121. The molecule has 0 aromatic heterocycles. The molecule has 142 valence electrons. The zero-order valence-corrected chi connectivity index (χ0v) is 15.8. The highest BCUT2D eigenvalue weighted by Gasteiger charge is 2.30. The second kappa shape index (κ2) is 7.66. The van der Waals surface area contributed by atoms with Crippen LogP contribution in [0.25, 0.3) is 0 Å². The normalized spacial score (nSPS) is 18.7. The van der Waals surface area contributed by atoms with Crippen LogP contribution in [-0.2, 0) is 11.3 Å². The molecule has 0 aliphatic carbocycles. The van der Waals surface area contributed by atoms with Crippen LogP contribution in [0.15, 0.2) is 36.4 Å². The summed E-state index contributed by atoms with van der Waals surface area (Å²) in [6.45, 7) is 1.40. The quantitative estimate of drug-likeness (QED) is 0.851. The molecule has 0 bridgehead atoms. The lowest BCUT2D eigenvalue weighted by atomic mass is 10.0. The second-order valence-corrected chi connectivity index (χ2v) is 6.96. The highest BCUT2D eigenvalue weighted by molar-refractivity contribution is 6.33. The maximum absolute atomic E-state index is 12.9. The van der Waals surface area contributed by atoms with Crippen molar-refractivity contribution < 1.29 is 19.0 Å². The van der Waals surface area contributed by atoms with Crippen molar-refractivity contribution in [2.24, 2.45) is 0 Å². The van der Waals surface area contributed by atoms with Crippen molar-refractivity contribution in [3.05, 3.63) is 47.0 Å². The number of methoxy groups -OCH3 is 1. The van der Waals surface area contributed by atoms with Gasteiger partial charge in [-0.3, -0.25) is 4.79 Å². The van der Waals surface area contributed by atoms with Crippen LogP contribution in [0.5, 0.6) is 17.2 Å². The van der Waals surface area contributed by atoms with Crippen LogP contribution >= 0.6 is 11.6 Å². The van der Waals surface area contributed by atoms with E-state index < -0.39 is 0 Å². The van der Waals surface area contributed by atoms with E-state index in [9.17, 15) is 4.79 Å². The monoisotopic (exact) mass is 388 g/mol. The van der Waals surface area contributed by atoms with E-state index in [-0.39, 0.29) is 18.7 Å². The van der Waals surface area contributed by atoms with Gasteiger partial charge >= 0.3 is 0 Å². The van der Waals surface area contributed by atoms with Crippen LogP contribution in [0.1, 0.15) is 18.4 Å². The van der Waals surface area contributed by atoms with Gasteiger partial charge in [0, 0.05) is 13.1 Å². The van der Waals surface area contributed by atoms with E-state index in [2.05, 4.69) is 5.32 Å². The third kappa shape index (κ3) is 3.55. The first-order valence-corrected chi connectivity index (χ1v) is 9.31. The Kier molecular flexibility index (Phi) is 5.09. The largest absolute Gasteiger partial charge is 0.493 e. The summed E-state index contributed by atoms with van der Waals surface area (Å²) in [4.78, 5) is 14.7. The molecule has 0 saturated carbocycles. The number of fused-ring (bicyclic) bond motifs is 1. The van der Waals surface area contributed by atoms with Gasteiger partial charge in [0.1, 0.15) is 0 Å². The number of benzene rings is 2. The molecular formula is C20H21ClN2O4. The van der Waals surface area contributed by atoms with E-state index in [1.807, 2.05) is 30.3 Å². The summed E-state index contributed by atoms with van der Waals surface area (Å²) in [6, 6.07) is 11.0. The molecule has 1 amide bonds. The van der Waals surface area contributed by atoms with Gasteiger partial charge in [0.25, 0.3) is 0 Å². The number of para-hydroxylation sites is 1. The Morgan fingerprint density at radius 3 is 2.96 bits per heavy atom. The first-order valence-electron chi connectivity index (χ1n) is 8.93. The fourth-order valence-corrected chi connectivity index (χ4v) is 3.74. The zero-order chi connectivity index (χ0) is 18.8. The summed E-state index contributed by atoms with van der Waals surface area (Å²) in [6.07, 6.45) is 1.71. The minimum atomic E-state index is -0.258. The topological polar surface area (TPSA) is 60.0 Å². The van der Waals surface area contributed by atoms with E-state index in [4.69, 9.17) is 25.8 Å². The third-order valence-corrected chi connectivity index (χ3v) is 5.17. The number of piperidine rings is 1. The number of rotatable bonds is 5. The zero-order valence-electron chi connectivity index (χ0n) is 15.0. The van der Waals surface area contributed by atoms with Gasteiger partial charge < -0.3 is 24.4 Å². The van der Waals surface area contributed by atoms with E-state index >= 15 is 0 Å². The molecule has 0 radical (unpaired) electrons. The summed E-state index contributed by atoms with van der Waals surface area (Å²) in [5.74, 6) is 1.97. The smallest absolute Gasteiger partial charge is 0.244 e. The lowest BCUT2D eigenvalue weighted by Crippen LogP contribution is -2.50. The van der Waals surface area contributed by atoms with Crippen molar-refractivity contribution in [3.63, 3.8) is 0 Å². The molecule has 1 saturated heterocycles. The van der Waals surface area contributed by atoms with E-state index in [1.54, 1.807) is 18.1 Å². The number of anilines is 1. The van der Waals surface area contributed by atoms with Crippen molar-refractivity contribution in [2.45, 2.75) is 25.4 Å². The Bertz CT molecular complexity index is 858. The van der Waals surface area contributed by atoms with Gasteiger partial charge in [0.05, 0.1) is 23.9 Å². The van der Waals surface area contributed by atoms with Gasteiger partial charge in [-0.15, -0.1) is 0 Å². The molecule has 2 aliphatic heterocycles. The Morgan fingerprint density at radius 2 is 2.15 bits per heavy atom. The highest BCUT2D eigenvalue weighted by Crippen LogP contribution is 2.41. The summed E-state index contributed by atoms with van der Waals surface area (Å²) in [7, 11) is 1.60. The molecule has 1 unspecified atom stereocenters. The molecule has 2 heterocycles. The molecule has 1 atom stereocenters. The molecule has 1 fully saturated rings. The van der Waals surface area contributed by atoms with Crippen molar-refractivity contribution in [3.8, 4) is 17.2 Å². The summed E-state index contributed by atoms with van der Waals surface area (Å²) in [5, 5.41) is 3.95. The number of ether oxygens (including phenoxy) is 3. The van der Waals surface area contributed by atoms with E-state index in [0.717, 1.165) is 24.1 Å². The molecule has 2 aromatic rings. The fraction of sp³-hybridized carbons (Fsp3) is 0.350. The number of carbonyl (C=O) groups is 1. The Labute approximate surface area is 163 Å². The Morgan fingerprint density at radius 1 is 1.30 bits per heavy atom. The van der Waals surface area contributed by atoms with Crippen molar-refractivity contribution >= 4 is 23.2 Å². The van der Waals surface area contributed by atoms with Crippen LogP contribution < -0.4 is 24.4 Å². The second-order valence-electron chi connectivity index (χ2n) is 6.55. The maximum atomic E-state index is 12.9. The third-order valence-electron chi connectivity index (χ3n) is 4.85.